The lowest BCUT2D eigenvalue weighted by Crippen LogP contribution is -2.28. The zero-order valence-electron chi connectivity index (χ0n) is 15.3. The molecule has 0 unspecified atom stereocenters. The number of hydrogen-bond acceptors (Lipinski definition) is 5. The van der Waals surface area contributed by atoms with Crippen molar-refractivity contribution in [2.75, 3.05) is 11.9 Å². The molecule has 1 saturated carbocycles. The van der Waals surface area contributed by atoms with Crippen LogP contribution in [0.1, 0.15) is 25.7 Å². The zero-order valence-corrected chi connectivity index (χ0v) is 15.3. The smallest absolute Gasteiger partial charge is 0.228 e. The molecule has 2 N–H and O–H groups in total. The van der Waals surface area contributed by atoms with E-state index in [1.807, 2.05) is 25.4 Å². The van der Waals surface area contributed by atoms with Gasteiger partial charge in [-0.15, -0.1) is 0 Å². The molecule has 1 fully saturated rings. The summed E-state index contributed by atoms with van der Waals surface area (Å²) in [6.45, 7) is 0.216. The van der Waals surface area contributed by atoms with Gasteiger partial charge in [0.2, 0.25) is 5.91 Å². The maximum atomic E-state index is 12.6. The number of aliphatic hydroxyl groups excluding tert-OH is 1. The Hall–Kier alpha value is -2.80. The molecule has 1 amide bonds. The molecule has 7 nitrogen and oxygen atoms in total. The second kappa shape index (κ2) is 7.44. The number of amides is 1. The minimum atomic E-state index is -0.00584. The lowest BCUT2D eigenvalue weighted by molar-refractivity contribution is -0.121. The second-order valence-corrected chi connectivity index (χ2v) is 7.28. The zero-order chi connectivity index (χ0) is 18.8. The highest BCUT2D eigenvalue weighted by atomic mass is 16.3. The summed E-state index contributed by atoms with van der Waals surface area (Å²) in [5.74, 6) is 0.903. The van der Waals surface area contributed by atoms with Gasteiger partial charge in [-0.25, -0.2) is 4.98 Å². The fourth-order valence-corrected chi connectivity index (χ4v) is 3.65. The van der Waals surface area contributed by atoms with E-state index in [-0.39, 0.29) is 18.4 Å². The van der Waals surface area contributed by atoms with Crippen molar-refractivity contribution in [3.05, 3.63) is 36.9 Å². The third-order valence-corrected chi connectivity index (χ3v) is 5.33. The van der Waals surface area contributed by atoms with Crippen LogP contribution in [-0.4, -0.2) is 37.4 Å². The molecule has 3 aromatic rings. The Morgan fingerprint density at radius 1 is 1.15 bits per heavy atom. The number of aliphatic hydroxyl groups is 1. The van der Waals surface area contributed by atoms with Crippen LogP contribution in [0.5, 0.6) is 0 Å². The number of pyridine rings is 2. The first-order chi connectivity index (χ1) is 13.1. The number of rotatable bonds is 4. The van der Waals surface area contributed by atoms with E-state index in [1.165, 1.54) is 0 Å². The Labute approximate surface area is 157 Å². The molecule has 0 aromatic carbocycles. The minimum Gasteiger partial charge on any atom is -0.396 e. The third kappa shape index (κ3) is 3.83. The van der Waals surface area contributed by atoms with E-state index in [0.29, 0.717) is 11.7 Å². The number of aromatic nitrogens is 4. The summed E-state index contributed by atoms with van der Waals surface area (Å²) in [4.78, 5) is 21.4. The number of fused-ring (bicyclic) bond motifs is 1. The molecule has 140 valence electrons. The van der Waals surface area contributed by atoms with Crippen molar-refractivity contribution in [1.29, 1.82) is 0 Å². The van der Waals surface area contributed by atoms with Crippen molar-refractivity contribution in [2.24, 2.45) is 18.9 Å². The van der Waals surface area contributed by atoms with Crippen LogP contribution in [0.15, 0.2) is 36.9 Å². The number of carbonyl (C=O) groups excluding carboxylic acids is 1. The maximum absolute atomic E-state index is 12.6. The molecule has 0 atom stereocenters. The summed E-state index contributed by atoms with van der Waals surface area (Å²) < 4.78 is 1.74. The van der Waals surface area contributed by atoms with Crippen LogP contribution in [0.2, 0.25) is 0 Å². The van der Waals surface area contributed by atoms with E-state index >= 15 is 0 Å². The summed E-state index contributed by atoms with van der Waals surface area (Å²) in [7, 11) is 1.87. The first-order valence-electron chi connectivity index (χ1n) is 9.29. The van der Waals surface area contributed by atoms with Gasteiger partial charge < -0.3 is 10.4 Å². The predicted molar refractivity (Wildman–Crippen MR) is 103 cm³/mol. The molecule has 0 bridgehead atoms. The quantitative estimate of drug-likeness (QED) is 0.742. The fraction of sp³-hybridized carbons (Fsp3) is 0.400. The van der Waals surface area contributed by atoms with Crippen LogP contribution in [-0.2, 0) is 11.8 Å². The molecule has 0 spiro atoms. The molecular weight excluding hydrogens is 342 g/mol. The third-order valence-electron chi connectivity index (χ3n) is 5.33. The van der Waals surface area contributed by atoms with Gasteiger partial charge in [-0.1, -0.05) is 0 Å². The van der Waals surface area contributed by atoms with Gasteiger partial charge in [0.05, 0.1) is 11.9 Å². The predicted octanol–water partition coefficient (Wildman–Crippen LogP) is 2.77. The molecule has 1 aliphatic rings. The van der Waals surface area contributed by atoms with E-state index in [9.17, 15) is 9.90 Å². The molecule has 0 aliphatic heterocycles. The average Bonchev–Trinajstić information content (AvgIpc) is 3.14. The van der Waals surface area contributed by atoms with E-state index < -0.39 is 0 Å². The van der Waals surface area contributed by atoms with Gasteiger partial charge in [0, 0.05) is 49.1 Å². The Kier molecular flexibility index (Phi) is 4.85. The number of nitrogens with one attached hydrogen (secondary N) is 1. The fourth-order valence-electron chi connectivity index (χ4n) is 3.65. The number of carbonyl (C=O) groups is 1. The molecule has 3 aromatic heterocycles. The molecule has 0 radical (unpaired) electrons. The highest BCUT2D eigenvalue weighted by Gasteiger charge is 2.26. The lowest BCUT2D eigenvalue weighted by Gasteiger charge is -2.26. The molecule has 0 saturated heterocycles. The summed E-state index contributed by atoms with van der Waals surface area (Å²) in [6, 6.07) is 3.87. The van der Waals surface area contributed by atoms with Crippen molar-refractivity contribution in [2.45, 2.75) is 25.7 Å². The first-order valence-corrected chi connectivity index (χ1v) is 9.29. The molecule has 4 rings (SSSR count). The van der Waals surface area contributed by atoms with Gasteiger partial charge in [0.15, 0.2) is 0 Å². The van der Waals surface area contributed by atoms with Gasteiger partial charge in [-0.3, -0.25) is 14.5 Å². The van der Waals surface area contributed by atoms with Gasteiger partial charge in [0.25, 0.3) is 0 Å². The summed E-state index contributed by atoms with van der Waals surface area (Å²) in [6.07, 6.45) is 10.7. The largest absolute Gasteiger partial charge is 0.396 e. The number of anilines is 1. The van der Waals surface area contributed by atoms with Gasteiger partial charge in [0.1, 0.15) is 5.82 Å². The van der Waals surface area contributed by atoms with Crippen molar-refractivity contribution >= 4 is 22.5 Å². The molecule has 3 heterocycles. The molecule has 7 heteroatoms. The summed E-state index contributed by atoms with van der Waals surface area (Å²) in [5, 5.41) is 18.3. The van der Waals surface area contributed by atoms with Crippen LogP contribution >= 0.6 is 0 Å². The van der Waals surface area contributed by atoms with Crippen LogP contribution < -0.4 is 5.32 Å². The monoisotopic (exact) mass is 365 g/mol. The van der Waals surface area contributed by atoms with E-state index in [2.05, 4.69) is 20.4 Å². The van der Waals surface area contributed by atoms with Crippen LogP contribution in [0.4, 0.5) is 5.82 Å². The van der Waals surface area contributed by atoms with E-state index in [1.54, 1.807) is 23.3 Å². The highest BCUT2D eigenvalue weighted by molar-refractivity contribution is 5.94. The topological polar surface area (TPSA) is 92.9 Å². The first kappa shape index (κ1) is 17.6. The van der Waals surface area contributed by atoms with Crippen molar-refractivity contribution in [1.82, 2.24) is 19.7 Å². The summed E-state index contributed by atoms with van der Waals surface area (Å²) in [5.41, 5.74) is 1.78. The van der Waals surface area contributed by atoms with E-state index in [4.69, 9.17) is 0 Å². The normalized spacial score (nSPS) is 19.9. The van der Waals surface area contributed by atoms with Gasteiger partial charge >= 0.3 is 0 Å². The highest BCUT2D eigenvalue weighted by Crippen LogP contribution is 2.29. The van der Waals surface area contributed by atoms with Crippen LogP contribution in [0.3, 0.4) is 0 Å². The van der Waals surface area contributed by atoms with Crippen molar-refractivity contribution in [3.63, 3.8) is 0 Å². The molecule has 1 aliphatic carbocycles. The number of hydrogen-bond donors (Lipinski definition) is 2. The SMILES string of the molecule is Cn1cc(-c2cc3cc(NC(=O)C4CCC(CO)CC4)ncc3cn2)cn1. The lowest BCUT2D eigenvalue weighted by atomic mass is 9.82. The van der Waals surface area contributed by atoms with Crippen LogP contribution in [0, 0.1) is 11.8 Å². The van der Waals surface area contributed by atoms with Crippen LogP contribution in [0.25, 0.3) is 22.0 Å². The van der Waals surface area contributed by atoms with Gasteiger partial charge in [-0.2, -0.15) is 5.10 Å². The average molecular weight is 365 g/mol. The minimum absolute atomic E-state index is 0.00584. The Morgan fingerprint density at radius 3 is 2.63 bits per heavy atom. The summed E-state index contributed by atoms with van der Waals surface area (Å²) >= 11 is 0. The van der Waals surface area contributed by atoms with Crippen molar-refractivity contribution in [3.8, 4) is 11.3 Å². The van der Waals surface area contributed by atoms with Gasteiger partial charge in [-0.05, 0) is 49.1 Å². The maximum Gasteiger partial charge on any atom is 0.228 e. The molecular formula is C20H23N5O2. The number of nitrogens with zero attached hydrogens (tertiary/aromatic N) is 4. The molecule has 27 heavy (non-hydrogen) atoms. The Bertz CT molecular complexity index is 960. The van der Waals surface area contributed by atoms with Crippen molar-refractivity contribution < 1.29 is 9.90 Å². The Balaban J connectivity index is 1.51. The standard InChI is InChI=1S/C20H23N5O2/c1-25-11-17(10-23-25)18-6-15-7-19(22-9-16(15)8-21-18)24-20(27)14-4-2-13(12-26)3-5-14/h6-11,13-14,26H,2-5,12H2,1H3,(H,22,24,27). The number of aryl methyl sites for hydroxylation is 1. The second-order valence-electron chi connectivity index (χ2n) is 7.28. The Morgan fingerprint density at radius 2 is 1.93 bits per heavy atom. The van der Waals surface area contributed by atoms with E-state index in [0.717, 1.165) is 47.7 Å².